The minimum Gasteiger partial charge on any atom is -0.353 e. The van der Waals surface area contributed by atoms with Crippen LogP contribution in [0, 0.1) is 5.41 Å². The topological polar surface area (TPSA) is 80.6 Å². The zero-order valence-electron chi connectivity index (χ0n) is 13.1. The number of nitrogens with zero attached hydrogens (tertiary/aromatic N) is 2. The molecule has 1 aromatic carbocycles. The Bertz CT molecular complexity index is 766. The molecule has 1 amide bonds. The molecule has 0 bridgehead atoms. The van der Waals surface area contributed by atoms with E-state index in [1.165, 1.54) is 18.0 Å². The highest BCUT2D eigenvalue weighted by molar-refractivity contribution is 8.03. The molecule has 1 atom stereocenters. The van der Waals surface area contributed by atoms with Gasteiger partial charge in [-0.1, -0.05) is 18.2 Å². The predicted octanol–water partition coefficient (Wildman–Crippen LogP) is 2.52. The lowest BCUT2D eigenvalue weighted by molar-refractivity contribution is -0.114. The lowest BCUT2D eigenvalue weighted by atomic mass is 10.2. The number of carbonyl (C=O) groups is 1. The van der Waals surface area contributed by atoms with Gasteiger partial charge in [0.05, 0.1) is 0 Å². The summed E-state index contributed by atoms with van der Waals surface area (Å²) in [6, 6.07) is 9.33. The number of aliphatic imine (C=N–C) groups is 1. The highest BCUT2D eigenvalue weighted by atomic mass is 32.2. The van der Waals surface area contributed by atoms with Crippen LogP contribution in [0.2, 0.25) is 0 Å². The van der Waals surface area contributed by atoms with Gasteiger partial charge in [0.2, 0.25) is 0 Å². The van der Waals surface area contributed by atoms with Crippen molar-refractivity contribution in [2.45, 2.75) is 5.37 Å². The number of benzene rings is 1. The van der Waals surface area contributed by atoms with E-state index in [2.05, 4.69) is 15.6 Å². The van der Waals surface area contributed by atoms with Crippen molar-refractivity contribution in [1.82, 2.24) is 10.2 Å². The van der Waals surface area contributed by atoms with E-state index < -0.39 is 0 Å². The maximum atomic E-state index is 12.5. The minimum atomic E-state index is -0.176. The summed E-state index contributed by atoms with van der Waals surface area (Å²) in [4.78, 5) is 18.6. The Morgan fingerprint density at radius 3 is 2.88 bits per heavy atom. The Hall–Kier alpha value is -2.80. The number of carbonyl (C=O) groups excluding carboxylic acids is 1. The molecular formula is C17H17N5OS. The number of para-hydroxylation sites is 1. The lowest BCUT2D eigenvalue weighted by Crippen LogP contribution is -2.33. The van der Waals surface area contributed by atoms with E-state index in [1.807, 2.05) is 47.7 Å². The number of rotatable bonds is 4. The maximum Gasteiger partial charge on any atom is 0.272 e. The summed E-state index contributed by atoms with van der Waals surface area (Å²) in [5, 5.41) is 15.3. The van der Waals surface area contributed by atoms with Crippen LogP contribution in [0.3, 0.4) is 0 Å². The molecule has 2 aliphatic heterocycles. The fourth-order valence-corrected chi connectivity index (χ4v) is 3.53. The first-order valence-corrected chi connectivity index (χ1v) is 8.30. The van der Waals surface area contributed by atoms with Crippen molar-refractivity contribution in [3.05, 3.63) is 65.1 Å². The normalized spacial score (nSPS) is 21.1. The molecule has 1 aromatic rings. The largest absolute Gasteiger partial charge is 0.353 e. The van der Waals surface area contributed by atoms with E-state index in [0.29, 0.717) is 17.1 Å². The van der Waals surface area contributed by atoms with Gasteiger partial charge in [0.1, 0.15) is 16.9 Å². The average molecular weight is 339 g/mol. The van der Waals surface area contributed by atoms with Crippen molar-refractivity contribution >= 4 is 35.8 Å². The van der Waals surface area contributed by atoms with Crippen LogP contribution in [0.4, 0.5) is 5.69 Å². The first kappa shape index (κ1) is 16.1. The van der Waals surface area contributed by atoms with Crippen LogP contribution in [0.15, 0.2) is 70.1 Å². The average Bonchev–Trinajstić information content (AvgIpc) is 2.99. The number of hydrogen-bond donors (Lipinski definition) is 3. The van der Waals surface area contributed by atoms with Crippen molar-refractivity contribution in [2.24, 2.45) is 4.99 Å². The second-order valence-electron chi connectivity index (χ2n) is 5.15. The SMILES string of the molecule is CN1C(C(=O)Nc2ccccc2)=CSC1/C(C=N)=C1\N=CC=CN1. The summed E-state index contributed by atoms with van der Waals surface area (Å²) in [6.07, 6.45) is 6.50. The van der Waals surface area contributed by atoms with Crippen LogP contribution < -0.4 is 10.6 Å². The van der Waals surface area contributed by atoms with Crippen LogP contribution in [-0.4, -0.2) is 35.7 Å². The van der Waals surface area contributed by atoms with E-state index in [1.54, 1.807) is 18.5 Å². The molecule has 0 spiro atoms. The molecule has 122 valence electrons. The third-order valence-corrected chi connectivity index (χ3v) is 4.79. The monoisotopic (exact) mass is 339 g/mol. The van der Waals surface area contributed by atoms with Crippen LogP contribution in [0.1, 0.15) is 0 Å². The van der Waals surface area contributed by atoms with E-state index in [9.17, 15) is 4.79 Å². The van der Waals surface area contributed by atoms with Crippen molar-refractivity contribution < 1.29 is 4.79 Å². The molecular weight excluding hydrogens is 322 g/mol. The van der Waals surface area contributed by atoms with Crippen LogP contribution in [-0.2, 0) is 4.79 Å². The van der Waals surface area contributed by atoms with Gasteiger partial charge in [-0.25, -0.2) is 4.99 Å². The van der Waals surface area contributed by atoms with Crippen molar-refractivity contribution in [3.63, 3.8) is 0 Å². The number of likely N-dealkylation sites (N-methyl/N-ethyl adjacent to an activating group) is 1. The third-order valence-electron chi connectivity index (χ3n) is 3.61. The highest BCUT2D eigenvalue weighted by Gasteiger charge is 2.31. The van der Waals surface area contributed by atoms with Gasteiger partial charge >= 0.3 is 0 Å². The Balaban J connectivity index is 1.75. The van der Waals surface area contributed by atoms with Gasteiger partial charge in [0.25, 0.3) is 5.91 Å². The maximum absolute atomic E-state index is 12.5. The molecule has 0 radical (unpaired) electrons. The molecule has 0 saturated heterocycles. The molecule has 0 fully saturated rings. The number of anilines is 1. The number of nitrogens with one attached hydrogen (secondary N) is 3. The summed E-state index contributed by atoms with van der Waals surface area (Å²) in [7, 11) is 1.84. The molecule has 0 aromatic heterocycles. The van der Waals surface area contributed by atoms with E-state index in [0.717, 1.165) is 5.69 Å². The van der Waals surface area contributed by atoms with Gasteiger partial charge in [-0.05, 0) is 18.2 Å². The van der Waals surface area contributed by atoms with Gasteiger partial charge in [-0.3, -0.25) is 4.79 Å². The quantitative estimate of drug-likeness (QED) is 0.737. The zero-order chi connectivity index (χ0) is 16.9. The molecule has 3 rings (SSSR count). The molecule has 0 aliphatic carbocycles. The molecule has 1 unspecified atom stereocenters. The number of hydrogen-bond acceptors (Lipinski definition) is 6. The molecule has 0 saturated carbocycles. The second kappa shape index (κ2) is 7.18. The first-order valence-electron chi connectivity index (χ1n) is 7.36. The third kappa shape index (κ3) is 3.26. The second-order valence-corrected chi connectivity index (χ2v) is 6.11. The van der Waals surface area contributed by atoms with Gasteiger partial charge in [0, 0.05) is 42.3 Å². The van der Waals surface area contributed by atoms with Crippen molar-refractivity contribution in [2.75, 3.05) is 12.4 Å². The molecule has 3 N–H and O–H groups in total. The van der Waals surface area contributed by atoms with E-state index >= 15 is 0 Å². The van der Waals surface area contributed by atoms with Crippen LogP contribution >= 0.6 is 11.8 Å². The Morgan fingerprint density at radius 1 is 1.42 bits per heavy atom. The molecule has 2 heterocycles. The number of allylic oxidation sites excluding steroid dienone is 1. The summed E-state index contributed by atoms with van der Waals surface area (Å²) in [6.45, 7) is 0. The smallest absolute Gasteiger partial charge is 0.272 e. The predicted molar refractivity (Wildman–Crippen MR) is 98.9 cm³/mol. The summed E-state index contributed by atoms with van der Waals surface area (Å²) < 4.78 is 0. The fraction of sp³-hybridized carbons (Fsp3) is 0.118. The molecule has 2 aliphatic rings. The van der Waals surface area contributed by atoms with Gasteiger partial charge in [0.15, 0.2) is 0 Å². The molecule has 24 heavy (non-hydrogen) atoms. The summed E-state index contributed by atoms with van der Waals surface area (Å²) in [5.74, 6) is 0.447. The summed E-state index contributed by atoms with van der Waals surface area (Å²) in [5.41, 5.74) is 2.02. The summed E-state index contributed by atoms with van der Waals surface area (Å²) >= 11 is 1.48. The zero-order valence-corrected chi connectivity index (χ0v) is 13.9. The van der Waals surface area contributed by atoms with E-state index in [-0.39, 0.29) is 11.3 Å². The minimum absolute atomic E-state index is 0.173. The van der Waals surface area contributed by atoms with Crippen LogP contribution in [0.25, 0.3) is 0 Å². The van der Waals surface area contributed by atoms with Crippen LogP contribution in [0.5, 0.6) is 0 Å². The number of amides is 1. The van der Waals surface area contributed by atoms with Crippen molar-refractivity contribution in [1.29, 1.82) is 5.41 Å². The number of thioether (sulfide) groups is 1. The van der Waals surface area contributed by atoms with Gasteiger partial charge < -0.3 is 20.9 Å². The first-order chi connectivity index (χ1) is 11.7. The Labute approximate surface area is 144 Å². The standard InChI is InChI=1S/C17H17N5OS/c1-22-14(16(23)21-12-6-3-2-4-7-12)11-24-17(22)13(10-18)15-19-8-5-9-20-15/h2-11,17-19H,1H3,(H,21,23)/b15-13-,18-10?. The fourth-order valence-electron chi connectivity index (χ4n) is 2.38. The lowest BCUT2D eigenvalue weighted by Gasteiger charge is -2.25. The molecule has 6 nitrogen and oxygen atoms in total. The highest BCUT2D eigenvalue weighted by Crippen LogP contribution is 2.35. The van der Waals surface area contributed by atoms with Crippen molar-refractivity contribution in [3.8, 4) is 0 Å². The van der Waals surface area contributed by atoms with Gasteiger partial charge in [-0.2, -0.15) is 0 Å². The Kier molecular flexibility index (Phi) is 4.81. The molecule has 7 heteroatoms. The van der Waals surface area contributed by atoms with Gasteiger partial charge in [-0.15, -0.1) is 11.8 Å². The van der Waals surface area contributed by atoms with E-state index in [4.69, 9.17) is 5.41 Å². The Morgan fingerprint density at radius 2 is 2.21 bits per heavy atom.